The van der Waals surface area contributed by atoms with Crippen molar-refractivity contribution >= 4 is 0 Å². The second kappa shape index (κ2) is 4.93. The summed E-state index contributed by atoms with van der Waals surface area (Å²) >= 11 is 0. The number of aliphatic hydroxyl groups is 1. The van der Waals surface area contributed by atoms with Gasteiger partial charge in [0.1, 0.15) is 12.7 Å². The SMILES string of the molecule is CC(CO)(CCCn1cncn1)NC1CC1. The van der Waals surface area contributed by atoms with Crippen molar-refractivity contribution in [3.05, 3.63) is 12.7 Å². The molecule has 0 saturated heterocycles. The lowest BCUT2D eigenvalue weighted by atomic mass is 9.96. The number of aliphatic hydroxyl groups excluding tert-OH is 1. The summed E-state index contributed by atoms with van der Waals surface area (Å²) in [5.74, 6) is 0. The van der Waals surface area contributed by atoms with E-state index >= 15 is 0 Å². The summed E-state index contributed by atoms with van der Waals surface area (Å²) in [6.07, 6.45) is 7.73. The summed E-state index contributed by atoms with van der Waals surface area (Å²) in [6, 6.07) is 0.628. The molecule has 16 heavy (non-hydrogen) atoms. The Hall–Kier alpha value is -0.940. The van der Waals surface area contributed by atoms with Gasteiger partial charge in [0.25, 0.3) is 0 Å². The van der Waals surface area contributed by atoms with E-state index in [0.717, 1.165) is 19.4 Å². The standard InChI is InChI=1S/C11H20N4O/c1-11(7-16,14-10-3-4-10)5-2-6-15-9-12-8-13-15/h8-10,14,16H,2-7H2,1H3. The molecule has 2 rings (SSSR count). The van der Waals surface area contributed by atoms with Gasteiger partial charge in [0, 0.05) is 18.1 Å². The Balaban J connectivity index is 1.73. The Bertz CT molecular complexity index is 310. The number of hydrogen-bond acceptors (Lipinski definition) is 4. The third-order valence-electron chi connectivity index (χ3n) is 3.06. The largest absolute Gasteiger partial charge is 0.394 e. The fourth-order valence-corrected chi connectivity index (χ4v) is 1.90. The van der Waals surface area contributed by atoms with Gasteiger partial charge in [0.15, 0.2) is 0 Å². The van der Waals surface area contributed by atoms with Crippen molar-refractivity contribution in [1.29, 1.82) is 0 Å². The molecule has 5 heteroatoms. The molecule has 90 valence electrons. The molecule has 1 heterocycles. The van der Waals surface area contributed by atoms with Crippen LogP contribution in [0.4, 0.5) is 0 Å². The van der Waals surface area contributed by atoms with Crippen molar-refractivity contribution in [2.75, 3.05) is 6.61 Å². The van der Waals surface area contributed by atoms with Gasteiger partial charge in [-0.25, -0.2) is 4.98 Å². The number of aryl methyl sites for hydroxylation is 1. The van der Waals surface area contributed by atoms with E-state index in [9.17, 15) is 5.11 Å². The highest BCUT2D eigenvalue weighted by Crippen LogP contribution is 2.24. The molecule has 1 fully saturated rings. The normalized spacial score (nSPS) is 19.6. The molecule has 0 bridgehead atoms. The minimum Gasteiger partial charge on any atom is -0.394 e. The molecule has 1 atom stereocenters. The molecule has 1 aromatic heterocycles. The number of nitrogens with zero attached hydrogens (tertiary/aromatic N) is 3. The summed E-state index contributed by atoms with van der Waals surface area (Å²) in [5, 5.41) is 17.0. The van der Waals surface area contributed by atoms with E-state index in [-0.39, 0.29) is 12.1 Å². The predicted octanol–water partition coefficient (Wildman–Crippen LogP) is 0.561. The van der Waals surface area contributed by atoms with Gasteiger partial charge in [-0.1, -0.05) is 0 Å². The Morgan fingerprint density at radius 1 is 1.56 bits per heavy atom. The topological polar surface area (TPSA) is 63.0 Å². The maximum atomic E-state index is 9.42. The first-order valence-electron chi connectivity index (χ1n) is 5.93. The average molecular weight is 224 g/mol. The van der Waals surface area contributed by atoms with Crippen LogP contribution in [0.3, 0.4) is 0 Å². The fraction of sp³-hybridized carbons (Fsp3) is 0.818. The number of rotatable bonds is 7. The summed E-state index contributed by atoms with van der Waals surface area (Å²) < 4.78 is 1.83. The Labute approximate surface area is 95.9 Å². The number of nitrogens with one attached hydrogen (secondary N) is 1. The van der Waals surface area contributed by atoms with Gasteiger partial charge in [-0.2, -0.15) is 5.10 Å². The highest BCUT2D eigenvalue weighted by atomic mass is 16.3. The van der Waals surface area contributed by atoms with Crippen LogP contribution in [-0.2, 0) is 6.54 Å². The molecular formula is C11H20N4O. The minimum atomic E-state index is -0.137. The van der Waals surface area contributed by atoms with Crippen molar-refractivity contribution in [3.63, 3.8) is 0 Å². The molecule has 1 unspecified atom stereocenters. The number of hydrogen-bond donors (Lipinski definition) is 2. The molecule has 0 spiro atoms. The summed E-state index contributed by atoms with van der Waals surface area (Å²) in [4.78, 5) is 3.90. The Morgan fingerprint density at radius 2 is 2.38 bits per heavy atom. The zero-order chi connectivity index (χ0) is 11.4. The highest BCUT2D eigenvalue weighted by Gasteiger charge is 2.31. The van der Waals surface area contributed by atoms with Gasteiger partial charge < -0.3 is 10.4 Å². The summed E-state index contributed by atoms with van der Waals surface area (Å²) in [7, 11) is 0. The van der Waals surface area contributed by atoms with Crippen LogP contribution in [0.2, 0.25) is 0 Å². The van der Waals surface area contributed by atoms with Crippen LogP contribution in [0.15, 0.2) is 12.7 Å². The maximum Gasteiger partial charge on any atom is 0.137 e. The van der Waals surface area contributed by atoms with E-state index in [1.807, 2.05) is 4.68 Å². The first kappa shape index (κ1) is 11.5. The molecular weight excluding hydrogens is 204 g/mol. The average Bonchev–Trinajstić information content (AvgIpc) is 2.92. The van der Waals surface area contributed by atoms with Crippen LogP contribution in [0.1, 0.15) is 32.6 Å². The summed E-state index contributed by atoms with van der Waals surface area (Å²) in [5.41, 5.74) is -0.137. The smallest absolute Gasteiger partial charge is 0.137 e. The second-order valence-corrected chi connectivity index (χ2v) is 4.90. The van der Waals surface area contributed by atoms with E-state index in [0.29, 0.717) is 6.04 Å². The lowest BCUT2D eigenvalue weighted by Gasteiger charge is -2.29. The van der Waals surface area contributed by atoms with Gasteiger partial charge in [0.05, 0.1) is 6.61 Å². The maximum absolute atomic E-state index is 9.42. The van der Waals surface area contributed by atoms with Crippen LogP contribution in [0.5, 0.6) is 0 Å². The van der Waals surface area contributed by atoms with Crippen LogP contribution in [-0.4, -0.2) is 38.1 Å². The molecule has 1 aliphatic rings. The first-order chi connectivity index (χ1) is 7.72. The lowest BCUT2D eigenvalue weighted by molar-refractivity contribution is 0.160. The third kappa shape index (κ3) is 3.28. The summed E-state index contributed by atoms with van der Waals surface area (Å²) in [6.45, 7) is 3.15. The van der Waals surface area contributed by atoms with E-state index in [1.165, 1.54) is 12.8 Å². The zero-order valence-corrected chi connectivity index (χ0v) is 9.76. The quantitative estimate of drug-likeness (QED) is 0.710. The van der Waals surface area contributed by atoms with Crippen molar-refractivity contribution in [2.45, 2.75) is 50.7 Å². The van der Waals surface area contributed by atoms with Crippen molar-refractivity contribution < 1.29 is 5.11 Å². The first-order valence-corrected chi connectivity index (χ1v) is 5.93. The molecule has 0 aromatic carbocycles. The highest BCUT2D eigenvalue weighted by molar-refractivity contribution is 4.92. The van der Waals surface area contributed by atoms with E-state index < -0.39 is 0 Å². The van der Waals surface area contributed by atoms with Crippen LogP contribution in [0, 0.1) is 0 Å². The van der Waals surface area contributed by atoms with Crippen molar-refractivity contribution in [1.82, 2.24) is 20.1 Å². The van der Waals surface area contributed by atoms with Gasteiger partial charge in [-0.3, -0.25) is 4.68 Å². The van der Waals surface area contributed by atoms with Crippen LogP contribution >= 0.6 is 0 Å². The molecule has 1 aromatic rings. The molecule has 2 N–H and O–H groups in total. The fourth-order valence-electron chi connectivity index (χ4n) is 1.90. The second-order valence-electron chi connectivity index (χ2n) is 4.90. The van der Waals surface area contributed by atoms with Crippen LogP contribution in [0.25, 0.3) is 0 Å². The van der Waals surface area contributed by atoms with Gasteiger partial charge in [0.2, 0.25) is 0 Å². The Kier molecular flexibility index (Phi) is 3.56. The third-order valence-corrected chi connectivity index (χ3v) is 3.06. The van der Waals surface area contributed by atoms with Gasteiger partial charge in [-0.15, -0.1) is 0 Å². The van der Waals surface area contributed by atoms with E-state index in [1.54, 1.807) is 12.7 Å². The number of aromatic nitrogens is 3. The molecule has 0 amide bonds. The van der Waals surface area contributed by atoms with Gasteiger partial charge >= 0.3 is 0 Å². The zero-order valence-electron chi connectivity index (χ0n) is 9.76. The van der Waals surface area contributed by atoms with E-state index in [2.05, 4.69) is 22.3 Å². The molecule has 1 aliphatic carbocycles. The lowest BCUT2D eigenvalue weighted by Crippen LogP contribution is -2.47. The van der Waals surface area contributed by atoms with Gasteiger partial charge in [-0.05, 0) is 32.6 Å². The van der Waals surface area contributed by atoms with Crippen molar-refractivity contribution in [3.8, 4) is 0 Å². The molecule has 0 aliphatic heterocycles. The molecule has 0 radical (unpaired) electrons. The predicted molar refractivity (Wildman–Crippen MR) is 60.9 cm³/mol. The Morgan fingerprint density at radius 3 is 2.94 bits per heavy atom. The van der Waals surface area contributed by atoms with E-state index in [4.69, 9.17) is 0 Å². The minimum absolute atomic E-state index is 0.137. The molecule has 5 nitrogen and oxygen atoms in total. The monoisotopic (exact) mass is 224 g/mol. The van der Waals surface area contributed by atoms with Crippen molar-refractivity contribution in [2.24, 2.45) is 0 Å². The molecule has 1 saturated carbocycles. The van der Waals surface area contributed by atoms with Crippen LogP contribution < -0.4 is 5.32 Å².